The van der Waals surface area contributed by atoms with Gasteiger partial charge in [-0.2, -0.15) is 0 Å². The molecule has 1 saturated heterocycles. The average Bonchev–Trinajstić information content (AvgIpc) is 3.03. The zero-order chi connectivity index (χ0) is 26.3. The molecule has 0 bridgehead atoms. The summed E-state index contributed by atoms with van der Waals surface area (Å²) in [6.07, 6.45) is 5.68. The van der Waals surface area contributed by atoms with E-state index in [1.165, 1.54) is 0 Å². The molecule has 1 atom stereocenters. The lowest BCUT2D eigenvalue weighted by atomic mass is 10.0. The minimum absolute atomic E-state index is 0.0845. The highest BCUT2D eigenvalue weighted by Gasteiger charge is 2.44. The molecule has 0 aromatic heterocycles. The molecule has 2 N–H and O–H groups in total. The molecule has 1 unspecified atom stereocenters. The van der Waals surface area contributed by atoms with E-state index in [9.17, 15) is 24.0 Å². The minimum Gasteiger partial charge on any atom is -0.494 e. The molecule has 10 heteroatoms. The van der Waals surface area contributed by atoms with Gasteiger partial charge in [0, 0.05) is 13.0 Å². The summed E-state index contributed by atoms with van der Waals surface area (Å²) in [5.41, 5.74) is -0.0462. The first-order chi connectivity index (χ1) is 17.1. The maximum Gasteiger partial charge on any atom is 0.407 e. The highest BCUT2D eigenvalue weighted by molar-refractivity contribution is 6.23. The number of nitrogens with one attached hydrogen (secondary N) is 2. The van der Waals surface area contributed by atoms with Gasteiger partial charge in [-0.1, -0.05) is 25.7 Å². The fourth-order valence-electron chi connectivity index (χ4n) is 4.17. The van der Waals surface area contributed by atoms with Crippen molar-refractivity contribution in [3.8, 4) is 5.75 Å². The largest absolute Gasteiger partial charge is 0.494 e. The van der Waals surface area contributed by atoms with Crippen molar-refractivity contribution in [3.63, 3.8) is 0 Å². The number of imide groups is 2. The lowest BCUT2D eigenvalue weighted by Gasteiger charge is -2.27. The first kappa shape index (κ1) is 27.2. The van der Waals surface area contributed by atoms with Crippen molar-refractivity contribution in [2.75, 3.05) is 13.2 Å². The number of carbonyl (C=O) groups is 5. The number of hydrogen-bond acceptors (Lipinski definition) is 7. The molecule has 3 rings (SSSR count). The Balaban J connectivity index is 1.34. The van der Waals surface area contributed by atoms with Crippen LogP contribution in [0.1, 0.15) is 92.9 Å². The molecule has 1 fully saturated rings. The Morgan fingerprint density at radius 1 is 1.00 bits per heavy atom. The van der Waals surface area contributed by atoms with Gasteiger partial charge in [-0.25, -0.2) is 4.79 Å². The Hall–Kier alpha value is -3.43. The van der Waals surface area contributed by atoms with E-state index >= 15 is 0 Å². The smallest absolute Gasteiger partial charge is 0.407 e. The topological polar surface area (TPSA) is 131 Å². The molecule has 5 amide bonds. The van der Waals surface area contributed by atoms with Crippen LogP contribution in [-0.4, -0.2) is 59.4 Å². The normalized spacial score (nSPS) is 17.6. The predicted molar refractivity (Wildman–Crippen MR) is 131 cm³/mol. The number of piperidine rings is 1. The van der Waals surface area contributed by atoms with E-state index in [1.54, 1.807) is 18.2 Å². The summed E-state index contributed by atoms with van der Waals surface area (Å²) in [6.45, 7) is 6.58. The minimum atomic E-state index is -0.979. The number of alkyl carbamates (subject to hydrolysis) is 1. The molecule has 0 spiro atoms. The third kappa shape index (κ3) is 7.29. The van der Waals surface area contributed by atoms with Crippen LogP contribution in [0.2, 0.25) is 0 Å². The second kappa shape index (κ2) is 12.0. The molecular formula is C26H35N3O7. The molecule has 0 aliphatic carbocycles. The third-order valence-electron chi connectivity index (χ3n) is 5.92. The molecule has 36 heavy (non-hydrogen) atoms. The number of nitrogens with zero attached hydrogens (tertiary/aromatic N) is 1. The molecule has 0 saturated carbocycles. The summed E-state index contributed by atoms with van der Waals surface area (Å²) in [5.74, 6) is -1.61. The Labute approximate surface area is 211 Å². The fourth-order valence-corrected chi connectivity index (χ4v) is 4.17. The van der Waals surface area contributed by atoms with Crippen LogP contribution in [0, 0.1) is 0 Å². The standard InChI is InChI=1S/C26H35N3O7/c1-26(2,3)36-25(34)27-14-8-6-4-5-7-9-15-35-17-10-11-18-19(16-17)24(33)29(23(18)32)20-12-13-21(30)28-22(20)31/h10-11,16,20H,4-9,12-15H2,1-3H3,(H,27,34)(H,28,30,31). The second-order valence-corrected chi connectivity index (χ2v) is 10.1. The molecule has 10 nitrogen and oxygen atoms in total. The first-order valence-corrected chi connectivity index (χ1v) is 12.5. The number of ether oxygens (including phenoxy) is 2. The van der Waals surface area contributed by atoms with Crippen molar-refractivity contribution in [1.82, 2.24) is 15.5 Å². The second-order valence-electron chi connectivity index (χ2n) is 10.1. The van der Waals surface area contributed by atoms with Gasteiger partial charge in [0.15, 0.2) is 0 Å². The maximum atomic E-state index is 12.9. The van der Waals surface area contributed by atoms with Gasteiger partial charge >= 0.3 is 6.09 Å². The van der Waals surface area contributed by atoms with E-state index in [1.807, 2.05) is 20.8 Å². The van der Waals surface area contributed by atoms with Gasteiger partial charge in [0.25, 0.3) is 11.8 Å². The summed E-state index contributed by atoms with van der Waals surface area (Å²) in [5, 5.41) is 4.94. The first-order valence-electron chi connectivity index (χ1n) is 12.5. The number of hydrogen-bond donors (Lipinski definition) is 2. The Morgan fingerprint density at radius 3 is 2.36 bits per heavy atom. The van der Waals surface area contributed by atoms with Gasteiger partial charge in [0.2, 0.25) is 11.8 Å². The zero-order valence-corrected chi connectivity index (χ0v) is 21.2. The van der Waals surface area contributed by atoms with Crippen LogP contribution in [0.25, 0.3) is 0 Å². The molecule has 2 aliphatic rings. The van der Waals surface area contributed by atoms with Crippen LogP contribution in [0.5, 0.6) is 5.75 Å². The van der Waals surface area contributed by atoms with E-state index in [-0.39, 0.29) is 30.1 Å². The highest BCUT2D eigenvalue weighted by atomic mass is 16.6. The van der Waals surface area contributed by atoms with Crippen molar-refractivity contribution in [3.05, 3.63) is 29.3 Å². The third-order valence-corrected chi connectivity index (χ3v) is 5.92. The number of unbranched alkanes of at least 4 members (excludes halogenated alkanes) is 5. The van der Waals surface area contributed by atoms with Gasteiger partial charge in [0.05, 0.1) is 17.7 Å². The molecule has 2 heterocycles. The number of benzene rings is 1. The van der Waals surface area contributed by atoms with Crippen molar-refractivity contribution in [2.24, 2.45) is 0 Å². The van der Waals surface area contributed by atoms with Crippen LogP contribution < -0.4 is 15.4 Å². The van der Waals surface area contributed by atoms with Gasteiger partial charge < -0.3 is 14.8 Å². The maximum absolute atomic E-state index is 12.9. The van der Waals surface area contributed by atoms with E-state index in [4.69, 9.17) is 9.47 Å². The van der Waals surface area contributed by atoms with E-state index in [0.717, 1.165) is 43.4 Å². The highest BCUT2D eigenvalue weighted by Crippen LogP contribution is 2.30. The Kier molecular flexibility index (Phi) is 9.06. The molecular weight excluding hydrogens is 466 g/mol. The fraction of sp³-hybridized carbons (Fsp3) is 0.577. The molecule has 0 radical (unpaired) electrons. The SMILES string of the molecule is CC(C)(C)OC(=O)NCCCCCCCCOc1ccc2c(c1)C(=O)N(C1CCC(=O)NC1=O)C2=O. The van der Waals surface area contributed by atoms with Crippen LogP contribution in [0.15, 0.2) is 18.2 Å². The summed E-state index contributed by atoms with van der Waals surface area (Å²) in [4.78, 5) is 61.7. The van der Waals surface area contributed by atoms with Gasteiger partial charge in [0.1, 0.15) is 17.4 Å². The van der Waals surface area contributed by atoms with Gasteiger partial charge in [-0.3, -0.25) is 29.4 Å². The average molecular weight is 502 g/mol. The number of rotatable bonds is 11. The van der Waals surface area contributed by atoms with Crippen molar-refractivity contribution in [2.45, 2.75) is 83.8 Å². The summed E-state index contributed by atoms with van der Waals surface area (Å²) < 4.78 is 11.0. The van der Waals surface area contributed by atoms with Gasteiger partial charge in [-0.15, -0.1) is 0 Å². The molecule has 2 aliphatic heterocycles. The molecule has 196 valence electrons. The Bertz CT molecular complexity index is 1020. The van der Waals surface area contributed by atoms with Crippen LogP contribution in [0.4, 0.5) is 4.79 Å². The summed E-state index contributed by atoms with van der Waals surface area (Å²) >= 11 is 0. The van der Waals surface area contributed by atoms with Crippen molar-refractivity contribution >= 4 is 29.7 Å². The Morgan fingerprint density at radius 2 is 1.67 bits per heavy atom. The summed E-state index contributed by atoms with van der Waals surface area (Å²) in [6, 6.07) is 3.75. The van der Waals surface area contributed by atoms with Crippen LogP contribution >= 0.6 is 0 Å². The van der Waals surface area contributed by atoms with E-state index < -0.39 is 35.3 Å². The van der Waals surface area contributed by atoms with Crippen molar-refractivity contribution < 1.29 is 33.4 Å². The molecule has 1 aromatic carbocycles. The van der Waals surface area contributed by atoms with Crippen LogP contribution in [-0.2, 0) is 14.3 Å². The zero-order valence-electron chi connectivity index (χ0n) is 21.2. The number of fused-ring (bicyclic) bond motifs is 1. The lowest BCUT2D eigenvalue weighted by molar-refractivity contribution is -0.136. The summed E-state index contributed by atoms with van der Waals surface area (Å²) in [7, 11) is 0. The monoisotopic (exact) mass is 501 g/mol. The quantitative estimate of drug-likeness (QED) is 0.351. The molecule has 1 aromatic rings. The van der Waals surface area contributed by atoms with E-state index in [2.05, 4.69) is 10.6 Å². The number of amides is 5. The van der Waals surface area contributed by atoms with E-state index in [0.29, 0.717) is 18.9 Å². The predicted octanol–water partition coefficient (Wildman–Crippen LogP) is 3.33. The van der Waals surface area contributed by atoms with Crippen molar-refractivity contribution in [1.29, 1.82) is 0 Å². The van der Waals surface area contributed by atoms with Gasteiger partial charge in [-0.05, 0) is 58.2 Å². The lowest BCUT2D eigenvalue weighted by Crippen LogP contribution is -2.54. The number of carbonyl (C=O) groups excluding carboxylic acids is 5. The van der Waals surface area contributed by atoms with Crippen LogP contribution in [0.3, 0.4) is 0 Å².